The van der Waals surface area contributed by atoms with Gasteiger partial charge < -0.3 is 10.0 Å². The predicted molar refractivity (Wildman–Crippen MR) is 121 cm³/mol. The first-order chi connectivity index (χ1) is 15.0. The van der Waals surface area contributed by atoms with Crippen LogP contribution in [0.1, 0.15) is 24.3 Å². The zero-order valence-corrected chi connectivity index (χ0v) is 18.2. The summed E-state index contributed by atoms with van der Waals surface area (Å²) in [7, 11) is 0. The molecule has 8 nitrogen and oxygen atoms in total. The number of anilines is 1. The zero-order chi connectivity index (χ0) is 21.5. The third kappa shape index (κ3) is 3.48. The Hall–Kier alpha value is -3.20. The molecule has 2 aromatic carbocycles. The molecule has 3 heterocycles. The van der Waals surface area contributed by atoms with Crippen molar-refractivity contribution in [3.63, 3.8) is 0 Å². The summed E-state index contributed by atoms with van der Waals surface area (Å²) >= 11 is 3.42. The lowest BCUT2D eigenvalue weighted by Crippen LogP contribution is -2.21. The number of halogens is 1. The Labute approximate surface area is 185 Å². The lowest BCUT2D eigenvalue weighted by atomic mass is 9.99. The van der Waals surface area contributed by atoms with Gasteiger partial charge in [0.25, 0.3) is 5.56 Å². The molecule has 0 bridgehead atoms. The van der Waals surface area contributed by atoms with Crippen LogP contribution in [0.2, 0.25) is 0 Å². The summed E-state index contributed by atoms with van der Waals surface area (Å²) < 4.78 is 4.23. The molecule has 9 heteroatoms. The third-order valence-electron chi connectivity index (χ3n) is 5.72. The average Bonchev–Trinajstić information content (AvgIpc) is 3.41. The van der Waals surface area contributed by atoms with E-state index in [0.717, 1.165) is 30.4 Å². The maximum Gasteiger partial charge on any atom is 0.312 e. The molecule has 1 atom stereocenters. The maximum absolute atomic E-state index is 12.8. The van der Waals surface area contributed by atoms with Gasteiger partial charge in [-0.2, -0.15) is 4.98 Å². The highest BCUT2D eigenvalue weighted by Crippen LogP contribution is 2.27. The van der Waals surface area contributed by atoms with Gasteiger partial charge in [-0.15, -0.1) is 5.10 Å². The molecule has 1 unspecified atom stereocenters. The Kier molecular flexibility index (Phi) is 4.97. The fourth-order valence-electron chi connectivity index (χ4n) is 4.18. The molecule has 0 amide bonds. The molecule has 0 radical (unpaired) electrons. The monoisotopic (exact) mass is 481 g/mol. The zero-order valence-electron chi connectivity index (χ0n) is 16.6. The van der Waals surface area contributed by atoms with Crippen LogP contribution in [0.15, 0.2) is 57.8 Å². The smallest absolute Gasteiger partial charge is 0.312 e. The summed E-state index contributed by atoms with van der Waals surface area (Å²) in [6, 6.07) is 14.6. The third-order valence-corrected chi connectivity index (χ3v) is 6.21. The normalized spacial score (nSPS) is 15.1. The number of nitrogens with zero attached hydrogens (tertiary/aromatic N) is 5. The van der Waals surface area contributed by atoms with E-state index >= 15 is 0 Å². The molecule has 1 aliphatic rings. The van der Waals surface area contributed by atoms with E-state index in [4.69, 9.17) is 5.10 Å². The summed E-state index contributed by atoms with van der Waals surface area (Å²) in [5.74, 6) is -0.725. The van der Waals surface area contributed by atoms with Crippen LogP contribution in [0.4, 0.5) is 5.95 Å². The molecule has 1 N–H and O–H groups in total. The van der Waals surface area contributed by atoms with Gasteiger partial charge in [-0.05, 0) is 36.6 Å². The first kappa shape index (κ1) is 19.7. The van der Waals surface area contributed by atoms with Crippen LogP contribution in [-0.4, -0.2) is 43.3 Å². The number of hydrogen-bond acceptors (Lipinski definition) is 5. The van der Waals surface area contributed by atoms with Crippen LogP contribution in [-0.2, 0) is 11.3 Å². The topological polar surface area (TPSA) is 92.7 Å². The molecular formula is C22H20BrN5O3. The highest BCUT2D eigenvalue weighted by atomic mass is 79.9. The van der Waals surface area contributed by atoms with E-state index < -0.39 is 11.9 Å². The largest absolute Gasteiger partial charge is 0.481 e. The van der Waals surface area contributed by atoms with Crippen molar-refractivity contribution < 1.29 is 9.90 Å². The molecule has 1 saturated heterocycles. The average molecular weight is 482 g/mol. The molecule has 4 aromatic rings. The Morgan fingerprint density at radius 3 is 2.58 bits per heavy atom. The maximum atomic E-state index is 12.8. The molecule has 31 heavy (non-hydrogen) atoms. The SMILES string of the molecule is O=C(O)C(Cn1nc(N2CCCC2)n2c3ccc(Br)cc3c(=O)nc12)c1ccccc1. The highest BCUT2D eigenvalue weighted by molar-refractivity contribution is 9.10. The van der Waals surface area contributed by atoms with Crippen molar-refractivity contribution in [1.82, 2.24) is 19.2 Å². The van der Waals surface area contributed by atoms with Crippen molar-refractivity contribution in [3.05, 3.63) is 68.9 Å². The number of fused-ring (bicyclic) bond motifs is 3. The molecule has 0 saturated carbocycles. The van der Waals surface area contributed by atoms with Crippen LogP contribution < -0.4 is 10.5 Å². The second-order valence-corrected chi connectivity index (χ2v) is 8.61. The summed E-state index contributed by atoms with van der Waals surface area (Å²) in [6.45, 7) is 1.79. The molecule has 1 aliphatic heterocycles. The van der Waals surface area contributed by atoms with E-state index in [2.05, 4.69) is 25.8 Å². The van der Waals surface area contributed by atoms with Crippen LogP contribution >= 0.6 is 15.9 Å². The number of aliphatic carboxylic acids is 1. The van der Waals surface area contributed by atoms with E-state index in [1.54, 1.807) is 22.9 Å². The lowest BCUT2D eigenvalue weighted by molar-refractivity contribution is -0.139. The minimum Gasteiger partial charge on any atom is -0.481 e. The Morgan fingerprint density at radius 1 is 1.13 bits per heavy atom. The molecule has 158 valence electrons. The van der Waals surface area contributed by atoms with Gasteiger partial charge in [0.15, 0.2) is 0 Å². The van der Waals surface area contributed by atoms with E-state index in [1.165, 1.54) is 0 Å². The van der Waals surface area contributed by atoms with Crippen molar-refractivity contribution in [2.75, 3.05) is 18.0 Å². The van der Waals surface area contributed by atoms with Gasteiger partial charge in [0.2, 0.25) is 11.7 Å². The van der Waals surface area contributed by atoms with Crippen LogP contribution in [0.25, 0.3) is 16.7 Å². The number of benzene rings is 2. The molecule has 1 fully saturated rings. The van der Waals surface area contributed by atoms with Crippen molar-refractivity contribution >= 4 is 44.5 Å². The standard InChI is InChI=1S/C22H20BrN5O3/c23-15-8-9-18-16(12-15)19(29)24-21-27(25-22(28(18)21)26-10-4-5-11-26)13-17(20(30)31)14-6-2-1-3-7-14/h1-3,6-9,12,17H,4-5,10-11,13H2,(H,30,31). The minimum atomic E-state index is -0.949. The minimum absolute atomic E-state index is 0.0746. The Morgan fingerprint density at radius 2 is 1.87 bits per heavy atom. The number of hydrogen-bond donors (Lipinski definition) is 1. The molecule has 0 spiro atoms. The summed E-state index contributed by atoms with van der Waals surface area (Å²) in [5.41, 5.74) is 1.02. The molecule has 5 rings (SSSR count). The summed E-state index contributed by atoms with van der Waals surface area (Å²) in [4.78, 5) is 31.3. The molecule has 0 aliphatic carbocycles. The van der Waals surface area contributed by atoms with Gasteiger partial charge in [-0.25, -0.2) is 9.08 Å². The van der Waals surface area contributed by atoms with Crippen molar-refractivity contribution in [2.45, 2.75) is 25.3 Å². The second-order valence-electron chi connectivity index (χ2n) is 7.69. The van der Waals surface area contributed by atoms with Gasteiger partial charge >= 0.3 is 5.97 Å². The number of carbonyl (C=O) groups is 1. The second kappa shape index (κ2) is 7.81. The van der Waals surface area contributed by atoms with Gasteiger partial charge in [-0.1, -0.05) is 46.3 Å². The predicted octanol–water partition coefficient (Wildman–Crippen LogP) is 3.28. The van der Waals surface area contributed by atoms with Crippen LogP contribution in [0.5, 0.6) is 0 Å². The first-order valence-corrected chi connectivity index (χ1v) is 10.9. The van der Waals surface area contributed by atoms with Crippen molar-refractivity contribution in [1.29, 1.82) is 0 Å². The number of rotatable bonds is 5. The van der Waals surface area contributed by atoms with Gasteiger partial charge in [0.05, 0.1) is 17.4 Å². The van der Waals surface area contributed by atoms with Crippen LogP contribution in [0, 0.1) is 0 Å². The number of aromatic nitrogens is 4. The quantitative estimate of drug-likeness (QED) is 0.470. The summed E-state index contributed by atoms with van der Waals surface area (Å²) in [6.07, 6.45) is 2.13. The van der Waals surface area contributed by atoms with E-state index in [1.807, 2.05) is 34.7 Å². The highest BCUT2D eigenvalue weighted by Gasteiger charge is 2.27. The molecule has 2 aromatic heterocycles. The van der Waals surface area contributed by atoms with Crippen molar-refractivity contribution in [2.24, 2.45) is 0 Å². The number of carboxylic acid groups (broad SMARTS) is 1. The van der Waals surface area contributed by atoms with Crippen LogP contribution in [0.3, 0.4) is 0 Å². The Bertz CT molecular complexity index is 1340. The van der Waals surface area contributed by atoms with Gasteiger partial charge in [0.1, 0.15) is 5.92 Å². The van der Waals surface area contributed by atoms with Gasteiger partial charge in [0, 0.05) is 17.6 Å². The first-order valence-electron chi connectivity index (χ1n) is 10.1. The molecular weight excluding hydrogens is 462 g/mol. The fourth-order valence-corrected chi connectivity index (χ4v) is 4.54. The van der Waals surface area contributed by atoms with E-state index in [-0.39, 0.29) is 12.1 Å². The van der Waals surface area contributed by atoms with Crippen molar-refractivity contribution in [3.8, 4) is 0 Å². The van der Waals surface area contributed by atoms with E-state index in [9.17, 15) is 14.7 Å². The number of carboxylic acids is 1. The fraction of sp³-hybridized carbons (Fsp3) is 0.273. The lowest BCUT2D eigenvalue weighted by Gasteiger charge is -2.15. The van der Waals surface area contributed by atoms with Gasteiger partial charge in [-0.3, -0.25) is 9.59 Å². The summed E-state index contributed by atoms with van der Waals surface area (Å²) in [5, 5.41) is 15.1. The van der Waals surface area contributed by atoms with E-state index in [0.29, 0.717) is 28.2 Å². The Balaban J connectivity index is 1.73.